The molecule has 2 heterocycles. The Morgan fingerprint density at radius 2 is 1.62 bits per heavy atom. The molecule has 1 aromatic carbocycles. The van der Waals surface area contributed by atoms with Crippen molar-refractivity contribution in [1.29, 1.82) is 0 Å². The van der Waals surface area contributed by atoms with Gasteiger partial charge >= 0.3 is 0 Å². The van der Waals surface area contributed by atoms with Crippen LogP contribution in [0.1, 0.15) is 5.69 Å². The van der Waals surface area contributed by atoms with Crippen molar-refractivity contribution in [3.05, 3.63) is 40.1 Å². The van der Waals surface area contributed by atoms with E-state index in [-0.39, 0.29) is 10.0 Å². The second-order valence-corrected chi connectivity index (χ2v) is 8.37. The summed E-state index contributed by atoms with van der Waals surface area (Å²) in [7, 11) is -2.01. The summed E-state index contributed by atoms with van der Waals surface area (Å²) in [4.78, 5) is 2.24. The van der Waals surface area contributed by atoms with E-state index in [0.717, 1.165) is 5.69 Å². The second-order valence-electron chi connectivity index (χ2n) is 5.70. The minimum atomic E-state index is -3.64. The van der Waals surface area contributed by atoms with Crippen molar-refractivity contribution in [3.63, 3.8) is 0 Å². The zero-order valence-electron chi connectivity index (χ0n) is 13.4. The summed E-state index contributed by atoms with van der Waals surface area (Å²) in [5.74, 6) is 0. The third-order valence-electron chi connectivity index (χ3n) is 4.13. The smallest absolute Gasteiger partial charge is 0.248 e. The van der Waals surface area contributed by atoms with E-state index in [4.69, 9.17) is 23.2 Å². The molecule has 1 aliphatic rings. The lowest BCUT2D eigenvalue weighted by Gasteiger charge is -2.35. The van der Waals surface area contributed by atoms with E-state index in [9.17, 15) is 8.42 Å². The van der Waals surface area contributed by atoms with Gasteiger partial charge in [-0.25, -0.2) is 8.42 Å². The molecule has 130 valence electrons. The Balaban J connectivity index is 1.77. The molecule has 0 unspecified atom stereocenters. The number of aromatic nitrogens is 2. The largest absolute Gasteiger partial charge is 0.369 e. The fourth-order valence-electron chi connectivity index (χ4n) is 2.87. The number of sulfonamides is 1. The average Bonchev–Trinajstić information content (AvgIpc) is 2.81. The molecular formula is C15H18Cl2N4O2S. The Morgan fingerprint density at radius 1 is 1.04 bits per heavy atom. The lowest BCUT2D eigenvalue weighted by molar-refractivity contribution is 0.384. The molecule has 6 nitrogen and oxygen atoms in total. The molecule has 1 aromatic heterocycles. The number of aryl methyl sites for hydroxylation is 2. The highest BCUT2D eigenvalue weighted by Gasteiger charge is 2.33. The summed E-state index contributed by atoms with van der Waals surface area (Å²) in [6.45, 7) is 3.67. The molecule has 0 bridgehead atoms. The first-order valence-corrected chi connectivity index (χ1v) is 9.70. The van der Waals surface area contributed by atoms with Gasteiger partial charge in [0, 0.05) is 43.9 Å². The quantitative estimate of drug-likeness (QED) is 0.810. The van der Waals surface area contributed by atoms with Crippen LogP contribution in [0.15, 0.2) is 29.2 Å². The summed E-state index contributed by atoms with van der Waals surface area (Å²) in [6, 6.07) is 7.54. The molecule has 0 amide bonds. The minimum Gasteiger partial charge on any atom is -0.369 e. The van der Waals surface area contributed by atoms with E-state index < -0.39 is 10.0 Å². The summed E-state index contributed by atoms with van der Waals surface area (Å²) < 4.78 is 28.6. The van der Waals surface area contributed by atoms with Crippen LogP contribution >= 0.6 is 23.2 Å². The van der Waals surface area contributed by atoms with Crippen LogP contribution in [0.4, 0.5) is 5.69 Å². The predicted molar refractivity (Wildman–Crippen MR) is 95.4 cm³/mol. The van der Waals surface area contributed by atoms with Gasteiger partial charge in [-0.2, -0.15) is 9.40 Å². The van der Waals surface area contributed by atoms with Crippen LogP contribution in [0.2, 0.25) is 10.2 Å². The van der Waals surface area contributed by atoms with Gasteiger partial charge in [0.25, 0.3) is 0 Å². The maximum Gasteiger partial charge on any atom is 0.248 e. The highest BCUT2D eigenvalue weighted by molar-refractivity contribution is 7.89. The minimum absolute atomic E-state index is 0.103. The molecule has 9 heteroatoms. The highest BCUT2D eigenvalue weighted by Crippen LogP contribution is 2.28. The fourth-order valence-corrected chi connectivity index (χ4v) is 5.13. The Kier molecular flexibility index (Phi) is 4.79. The normalized spacial score (nSPS) is 16.6. The molecule has 0 aliphatic carbocycles. The van der Waals surface area contributed by atoms with Gasteiger partial charge in [-0.1, -0.05) is 23.2 Å². The average molecular weight is 389 g/mol. The maximum absolute atomic E-state index is 12.9. The lowest BCUT2D eigenvalue weighted by Crippen LogP contribution is -2.48. The van der Waals surface area contributed by atoms with Gasteiger partial charge in [0.1, 0.15) is 10.0 Å². The molecule has 24 heavy (non-hydrogen) atoms. The molecule has 0 N–H and O–H groups in total. The third-order valence-corrected chi connectivity index (χ3v) is 6.98. The van der Waals surface area contributed by atoms with Crippen molar-refractivity contribution in [3.8, 4) is 0 Å². The first-order chi connectivity index (χ1) is 11.3. The topological polar surface area (TPSA) is 58.4 Å². The Morgan fingerprint density at radius 3 is 2.12 bits per heavy atom. The number of hydrogen-bond donors (Lipinski definition) is 0. The van der Waals surface area contributed by atoms with E-state index in [1.807, 2.05) is 24.3 Å². The summed E-state index contributed by atoms with van der Waals surface area (Å²) in [5.41, 5.74) is 1.45. The van der Waals surface area contributed by atoms with E-state index >= 15 is 0 Å². The van der Waals surface area contributed by atoms with Crippen LogP contribution in [0, 0.1) is 6.92 Å². The van der Waals surface area contributed by atoms with Crippen molar-refractivity contribution in [2.75, 3.05) is 31.1 Å². The summed E-state index contributed by atoms with van der Waals surface area (Å²) >= 11 is 12.0. The zero-order chi connectivity index (χ0) is 17.5. The van der Waals surface area contributed by atoms with E-state index in [1.54, 1.807) is 14.0 Å². The zero-order valence-corrected chi connectivity index (χ0v) is 15.7. The van der Waals surface area contributed by atoms with Gasteiger partial charge in [-0.05, 0) is 31.2 Å². The van der Waals surface area contributed by atoms with Crippen LogP contribution in [0.3, 0.4) is 0 Å². The number of rotatable bonds is 3. The standard InChI is InChI=1S/C15H18Cl2N4O2S/c1-11-14(15(17)19(2)18-11)24(22,23)21-9-7-20(8-10-21)13-5-3-12(16)4-6-13/h3-6H,7-10H2,1-2H3. The summed E-state index contributed by atoms with van der Waals surface area (Å²) in [5, 5.41) is 4.93. The van der Waals surface area contributed by atoms with Crippen molar-refractivity contribution < 1.29 is 8.42 Å². The van der Waals surface area contributed by atoms with Gasteiger partial charge in [0.2, 0.25) is 10.0 Å². The van der Waals surface area contributed by atoms with Crippen LogP contribution in [0.25, 0.3) is 0 Å². The molecule has 0 saturated carbocycles. The van der Waals surface area contributed by atoms with Crippen LogP contribution < -0.4 is 4.90 Å². The number of halogens is 2. The third kappa shape index (κ3) is 3.13. The predicted octanol–water partition coefficient (Wildman–Crippen LogP) is 2.55. The van der Waals surface area contributed by atoms with Crippen LogP contribution in [-0.4, -0.2) is 48.7 Å². The van der Waals surface area contributed by atoms with Gasteiger partial charge in [-0.15, -0.1) is 0 Å². The molecule has 3 rings (SSSR count). The number of anilines is 1. The highest BCUT2D eigenvalue weighted by atomic mass is 35.5. The molecule has 1 saturated heterocycles. The van der Waals surface area contributed by atoms with E-state index in [1.165, 1.54) is 8.99 Å². The number of hydrogen-bond acceptors (Lipinski definition) is 4. The number of benzene rings is 1. The molecular weight excluding hydrogens is 371 g/mol. The fraction of sp³-hybridized carbons (Fsp3) is 0.400. The van der Waals surface area contributed by atoms with E-state index in [0.29, 0.717) is 36.9 Å². The first-order valence-electron chi connectivity index (χ1n) is 7.50. The molecule has 1 fully saturated rings. The van der Waals surface area contributed by atoms with Gasteiger partial charge in [-0.3, -0.25) is 4.68 Å². The van der Waals surface area contributed by atoms with Crippen LogP contribution in [-0.2, 0) is 17.1 Å². The van der Waals surface area contributed by atoms with Gasteiger partial charge < -0.3 is 4.90 Å². The first kappa shape index (κ1) is 17.5. The van der Waals surface area contributed by atoms with Gasteiger partial charge in [0.05, 0.1) is 5.69 Å². The second kappa shape index (κ2) is 6.55. The van der Waals surface area contributed by atoms with E-state index in [2.05, 4.69) is 10.00 Å². The SMILES string of the molecule is Cc1nn(C)c(Cl)c1S(=O)(=O)N1CCN(c2ccc(Cl)cc2)CC1. The molecule has 0 radical (unpaired) electrons. The lowest BCUT2D eigenvalue weighted by atomic mass is 10.2. The number of nitrogens with zero attached hydrogens (tertiary/aromatic N) is 4. The maximum atomic E-state index is 12.9. The number of piperazine rings is 1. The van der Waals surface area contributed by atoms with Crippen molar-refractivity contribution in [2.45, 2.75) is 11.8 Å². The molecule has 2 aromatic rings. The molecule has 1 aliphatic heterocycles. The van der Waals surface area contributed by atoms with Gasteiger partial charge in [0.15, 0.2) is 0 Å². The van der Waals surface area contributed by atoms with Crippen molar-refractivity contribution >= 4 is 38.9 Å². The monoisotopic (exact) mass is 388 g/mol. The van der Waals surface area contributed by atoms with Crippen molar-refractivity contribution in [1.82, 2.24) is 14.1 Å². The van der Waals surface area contributed by atoms with Crippen molar-refractivity contribution in [2.24, 2.45) is 7.05 Å². The summed E-state index contributed by atoms with van der Waals surface area (Å²) in [6.07, 6.45) is 0. The Bertz CT molecular complexity index is 841. The van der Waals surface area contributed by atoms with Crippen LogP contribution in [0.5, 0.6) is 0 Å². The Hall–Kier alpha value is -1.28. The molecule has 0 atom stereocenters. The Labute approximate surface area is 151 Å². The molecule has 0 spiro atoms.